The van der Waals surface area contributed by atoms with Gasteiger partial charge in [0.05, 0.1) is 4.90 Å². The van der Waals surface area contributed by atoms with E-state index in [0.29, 0.717) is 28.4 Å². The molecule has 1 saturated carbocycles. The molecule has 2 aliphatic rings. The van der Waals surface area contributed by atoms with Gasteiger partial charge in [-0.1, -0.05) is 17.7 Å². The van der Waals surface area contributed by atoms with Gasteiger partial charge in [0.1, 0.15) is 22.7 Å². The number of nitrogens with one attached hydrogen (secondary N) is 1. The quantitative estimate of drug-likeness (QED) is 0.654. The van der Waals surface area contributed by atoms with Crippen molar-refractivity contribution in [3.63, 3.8) is 0 Å². The van der Waals surface area contributed by atoms with Gasteiger partial charge in [-0.05, 0) is 62.7 Å². The second-order valence-corrected chi connectivity index (χ2v) is 11.2. The minimum atomic E-state index is -4.04. The maximum atomic E-state index is 13.5. The molecule has 0 radical (unpaired) electrons. The zero-order valence-electron chi connectivity index (χ0n) is 17.6. The van der Waals surface area contributed by atoms with Crippen LogP contribution in [0.15, 0.2) is 47.4 Å². The molecule has 8 nitrogen and oxygen atoms in total. The van der Waals surface area contributed by atoms with E-state index in [9.17, 15) is 18.0 Å². The van der Waals surface area contributed by atoms with Crippen LogP contribution >= 0.6 is 11.6 Å². The zero-order valence-corrected chi connectivity index (χ0v) is 19.2. The molecule has 1 aliphatic carbocycles. The summed E-state index contributed by atoms with van der Waals surface area (Å²) in [6.07, 6.45) is -0.422. The predicted molar refractivity (Wildman–Crippen MR) is 116 cm³/mol. The van der Waals surface area contributed by atoms with Crippen LogP contribution in [0.4, 0.5) is 4.79 Å². The number of rotatable bonds is 5. The Kier molecular flexibility index (Phi) is 5.37. The lowest BCUT2D eigenvalue weighted by Crippen LogP contribution is -2.45. The molecule has 1 fully saturated rings. The van der Waals surface area contributed by atoms with Gasteiger partial charge in [0, 0.05) is 10.9 Å². The Morgan fingerprint density at radius 2 is 1.81 bits per heavy atom. The maximum absolute atomic E-state index is 13.5. The summed E-state index contributed by atoms with van der Waals surface area (Å²) in [6, 6.07) is 10.6. The summed E-state index contributed by atoms with van der Waals surface area (Å²) in [7, 11) is -4.04. The molecule has 4 rings (SSSR count). The summed E-state index contributed by atoms with van der Waals surface area (Å²) in [5.41, 5.74) is -2.03. The van der Waals surface area contributed by atoms with Gasteiger partial charge in [0.15, 0.2) is 21.3 Å². The number of sulfone groups is 1. The molecule has 0 saturated heterocycles. The summed E-state index contributed by atoms with van der Waals surface area (Å²) < 4.78 is 43.0. The molecule has 2 aromatic carbocycles. The Balaban J connectivity index is 1.76. The van der Waals surface area contributed by atoms with Crippen molar-refractivity contribution in [2.75, 3.05) is 6.79 Å². The highest BCUT2D eigenvalue weighted by atomic mass is 35.5. The summed E-state index contributed by atoms with van der Waals surface area (Å²) >= 11 is 5.90. The standard InChI is InChI=1S/C22H22ClNO7S/c1-21(2,3)31-20(26)24-22(11-25)18(13-4-9-16-17(10-13)30-12-29-16)19(22)32(27,28)15-7-5-14(23)6-8-15/h4-11,18-19H,12H2,1-3H3,(H,24,26)/t18-,19-,22-/m1/s1. The normalized spacial score (nSPS) is 24.0. The fourth-order valence-corrected chi connectivity index (χ4v) is 6.31. The number of ether oxygens (including phenoxy) is 3. The van der Waals surface area contributed by atoms with E-state index in [4.69, 9.17) is 25.8 Å². The van der Waals surface area contributed by atoms with E-state index in [1.165, 1.54) is 24.3 Å². The molecule has 0 bridgehead atoms. The predicted octanol–water partition coefficient (Wildman–Crippen LogP) is 3.47. The van der Waals surface area contributed by atoms with Gasteiger partial charge in [0.25, 0.3) is 0 Å². The SMILES string of the molecule is CC(C)(C)OC(=O)N[C@]1(C=O)[C@H](c2ccc3c(c2)OCO3)[C@H]1S(=O)(=O)c1ccc(Cl)cc1. The van der Waals surface area contributed by atoms with Crippen LogP contribution in [0.25, 0.3) is 0 Å². The topological polar surface area (TPSA) is 108 Å². The molecular weight excluding hydrogens is 458 g/mol. The van der Waals surface area contributed by atoms with E-state index in [2.05, 4.69) is 5.32 Å². The number of carbonyl (C=O) groups excluding carboxylic acids is 2. The molecule has 32 heavy (non-hydrogen) atoms. The highest BCUT2D eigenvalue weighted by Crippen LogP contribution is 2.57. The number of benzene rings is 2. The molecule has 0 unspecified atom stereocenters. The van der Waals surface area contributed by atoms with Crippen molar-refractivity contribution in [2.24, 2.45) is 0 Å². The first-order valence-electron chi connectivity index (χ1n) is 9.84. The first kappa shape index (κ1) is 22.4. The van der Waals surface area contributed by atoms with Gasteiger partial charge in [-0.25, -0.2) is 13.2 Å². The molecule has 1 amide bonds. The first-order valence-corrected chi connectivity index (χ1v) is 11.8. The number of halogens is 1. The molecule has 10 heteroatoms. The summed E-state index contributed by atoms with van der Waals surface area (Å²) in [5.74, 6) is 0.0973. The molecule has 1 aliphatic heterocycles. The number of alkyl carbamates (subject to hydrolysis) is 1. The van der Waals surface area contributed by atoms with Crippen LogP contribution in [0.2, 0.25) is 5.02 Å². The van der Waals surface area contributed by atoms with Crippen LogP contribution in [0.3, 0.4) is 0 Å². The fraction of sp³-hybridized carbons (Fsp3) is 0.364. The van der Waals surface area contributed by atoms with Crippen LogP contribution in [-0.2, 0) is 19.4 Å². The molecule has 0 spiro atoms. The van der Waals surface area contributed by atoms with Crippen LogP contribution in [0.1, 0.15) is 32.3 Å². The Morgan fingerprint density at radius 1 is 1.16 bits per heavy atom. The third kappa shape index (κ3) is 3.91. The van der Waals surface area contributed by atoms with Crippen LogP contribution in [0.5, 0.6) is 11.5 Å². The van der Waals surface area contributed by atoms with Crippen molar-refractivity contribution in [2.45, 2.75) is 48.0 Å². The molecule has 3 atom stereocenters. The van der Waals surface area contributed by atoms with E-state index in [1.807, 2.05) is 0 Å². The first-order chi connectivity index (χ1) is 15.0. The van der Waals surface area contributed by atoms with Crippen LogP contribution < -0.4 is 14.8 Å². The summed E-state index contributed by atoms with van der Waals surface area (Å²) in [5, 5.41) is 1.65. The van der Waals surface area contributed by atoms with Gasteiger partial charge in [0.2, 0.25) is 6.79 Å². The minimum absolute atomic E-state index is 0.00708. The number of carbonyl (C=O) groups is 2. The van der Waals surface area contributed by atoms with Crippen LogP contribution in [0, 0.1) is 0 Å². The van der Waals surface area contributed by atoms with Crippen molar-refractivity contribution in [3.05, 3.63) is 53.1 Å². The van der Waals surface area contributed by atoms with Gasteiger partial charge in [-0.3, -0.25) is 0 Å². The molecule has 1 heterocycles. The maximum Gasteiger partial charge on any atom is 0.408 e. The largest absolute Gasteiger partial charge is 0.454 e. The Labute approximate surface area is 190 Å². The molecule has 2 aromatic rings. The number of hydrogen-bond acceptors (Lipinski definition) is 7. The summed E-state index contributed by atoms with van der Waals surface area (Å²) in [6.45, 7) is 5.06. The van der Waals surface area contributed by atoms with E-state index in [-0.39, 0.29) is 11.7 Å². The van der Waals surface area contributed by atoms with Crippen LogP contribution in [-0.4, -0.2) is 44.0 Å². The highest BCUT2D eigenvalue weighted by molar-refractivity contribution is 7.92. The average Bonchev–Trinajstić information content (AvgIpc) is 3.13. The third-order valence-corrected chi connectivity index (χ3v) is 7.84. The lowest BCUT2D eigenvalue weighted by molar-refractivity contribution is -0.110. The molecule has 170 valence electrons. The van der Waals surface area contributed by atoms with Gasteiger partial charge < -0.3 is 24.3 Å². The monoisotopic (exact) mass is 479 g/mol. The van der Waals surface area contributed by atoms with E-state index >= 15 is 0 Å². The van der Waals surface area contributed by atoms with Crippen molar-refractivity contribution in [1.29, 1.82) is 0 Å². The van der Waals surface area contributed by atoms with E-state index < -0.39 is 38.2 Å². The number of amides is 1. The third-order valence-electron chi connectivity index (χ3n) is 5.32. The van der Waals surface area contributed by atoms with Gasteiger partial charge in [-0.2, -0.15) is 0 Å². The number of fused-ring (bicyclic) bond motifs is 1. The second kappa shape index (κ2) is 7.67. The Hall–Kier alpha value is -2.78. The smallest absolute Gasteiger partial charge is 0.408 e. The minimum Gasteiger partial charge on any atom is -0.454 e. The molecule has 0 aromatic heterocycles. The average molecular weight is 480 g/mol. The Bertz CT molecular complexity index is 1170. The van der Waals surface area contributed by atoms with Gasteiger partial charge in [-0.15, -0.1) is 0 Å². The highest BCUT2D eigenvalue weighted by Gasteiger charge is 2.73. The second-order valence-electron chi connectivity index (χ2n) is 8.69. The lowest BCUT2D eigenvalue weighted by Gasteiger charge is -2.22. The molecule has 1 N–H and O–H groups in total. The lowest BCUT2D eigenvalue weighted by atomic mass is 10.1. The van der Waals surface area contributed by atoms with Crippen molar-refractivity contribution in [3.8, 4) is 11.5 Å². The Morgan fingerprint density at radius 3 is 2.44 bits per heavy atom. The van der Waals surface area contributed by atoms with E-state index in [0.717, 1.165) is 0 Å². The molecular formula is C22H22ClNO7S. The fourth-order valence-electron chi connectivity index (χ4n) is 3.94. The van der Waals surface area contributed by atoms with Gasteiger partial charge >= 0.3 is 6.09 Å². The van der Waals surface area contributed by atoms with Crippen molar-refractivity contribution in [1.82, 2.24) is 5.32 Å². The van der Waals surface area contributed by atoms with Crippen molar-refractivity contribution >= 4 is 33.8 Å². The number of hydrogen-bond donors (Lipinski definition) is 1. The number of aldehydes is 1. The van der Waals surface area contributed by atoms with Crippen molar-refractivity contribution < 1.29 is 32.2 Å². The summed E-state index contributed by atoms with van der Waals surface area (Å²) in [4.78, 5) is 24.9. The zero-order chi connectivity index (χ0) is 23.3. The van der Waals surface area contributed by atoms with E-state index in [1.54, 1.807) is 39.0 Å².